The summed E-state index contributed by atoms with van der Waals surface area (Å²) >= 11 is 0. The molecule has 0 N–H and O–H groups in total. The van der Waals surface area contributed by atoms with Crippen LogP contribution in [0.15, 0.2) is 24.3 Å². The van der Waals surface area contributed by atoms with Crippen LogP contribution in [0.3, 0.4) is 0 Å². The molecule has 0 heterocycles. The summed E-state index contributed by atoms with van der Waals surface area (Å²) in [4.78, 5) is 14.2. The zero-order chi connectivity index (χ0) is 13.7. The number of nitriles is 1. The van der Waals surface area contributed by atoms with Crippen LogP contribution in [0, 0.1) is 17.2 Å². The van der Waals surface area contributed by atoms with E-state index in [1.165, 1.54) is 11.1 Å². The van der Waals surface area contributed by atoms with Gasteiger partial charge in [0.25, 0.3) is 0 Å². The Morgan fingerprint density at radius 1 is 1.42 bits per heavy atom. The van der Waals surface area contributed by atoms with Gasteiger partial charge >= 0.3 is 0 Å². The maximum Gasteiger partial charge on any atom is 0.226 e. The topological polar surface area (TPSA) is 44.1 Å². The highest BCUT2D eigenvalue weighted by Gasteiger charge is 2.27. The van der Waals surface area contributed by atoms with E-state index >= 15 is 0 Å². The van der Waals surface area contributed by atoms with Crippen molar-refractivity contribution in [1.29, 1.82) is 5.26 Å². The third-order valence-corrected chi connectivity index (χ3v) is 3.76. The number of rotatable bonds is 4. The number of amides is 1. The average Bonchev–Trinajstić information content (AvgIpc) is 2.46. The van der Waals surface area contributed by atoms with Crippen molar-refractivity contribution in [1.82, 2.24) is 4.90 Å². The Morgan fingerprint density at radius 2 is 2.16 bits per heavy atom. The van der Waals surface area contributed by atoms with Crippen LogP contribution in [0.2, 0.25) is 0 Å². The first-order chi connectivity index (χ1) is 9.26. The summed E-state index contributed by atoms with van der Waals surface area (Å²) in [6, 6.07) is 10.4. The first-order valence-electron chi connectivity index (χ1n) is 6.98. The minimum Gasteiger partial charge on any atom is -0.329 e. The fourth-order valence-electron chi connectivity index (χ4n) is 2.79. The molecule has 1 atom stereocenters. The molecule has 19 heavy (non-hydrogen) atoms. The van der Waals surface area contributed by atoms with Crippen molar-refractivity contribution >= 4 is 5.91 Å². The van der Waals surface area contributed by atoms with Crippen LogP contribution in [-0.2, 0) is 17.6 Å². The molecule has 3 heteroatoms. The third-order valence-electron chi connectivity index (χ3n) is 3.76. The Balaban J connectivity index is 2.07. The molecule has 0 aliphatic heterocycles. The molecule has 1 amide bonds. The van der Waals surface area contributed by atoms with Crippen LogP contribution in [0.25, 0.3) is 0 Å². The van der Waals surface area contributed by atoms with Crippen molar-refractivity contribution < 1.29 is 4.79 Å². The van der Waals surface area contributed by atoms with Crippen LogP contribution < -0.4 is 0 Å². The number of carbonyl (C=O) groups excluding carboxylic acids is 1. The zero-order valence-electron chi connectivity index (χ0n) is 11.4. The summed E-state index contributed by atoms with van der Waals surface area (Å²) in [6.45, 7) is 2.93. The van der Waals surface area contributed by atoms with E-state index in [-0.39, 0.29) is 18.4 Å². The molecule has 0 radical (unpaired) electrons. The minimum absolute atomic E-state index is 0.0507. The van der Waals surface area contributed by atoms with Crippen molar-refractivity contribution in [2.24, 2.45) is 5.92 Å². The summed E-state index contributed by atoms with van der Waals surface area (Å²) in [7, 11) is 0. The number of hydrogen-bond donors (Lipinski definition) is 0. The second-order valence-corrected chi connectivity index (χ2v) is 5.13. The van der Waals surface area contributed by atoms with Crippen LogP contribution in [-0.4, -0.2) is 23.9 Å². The molecule has 0 saturated heterocycles. The molecule has 1 aromatic rings. The van der Waals surface area contributed by atoms with Crippen molar-refractivity contribution in [3.05, 3.63) is 35.4 Å². The Bertz CT molecular complexity index is 490. The summed E-state index contributed by atoms with van der Waals surface area (Å²) in [5.74, 6) is 0.202. The van der Waals surface area contributed by atoms with Gasteiger partial charge in [-0.25, -0.2) is 0 Å². The SMILES string of the molecule is CCCN(CC#N)C(=O)C1CCc2ccccc2C1. The van der Waals surface area contributed by atoms with Crippen molar-refractivity contribution in [3.8, 4) is 6.07 Å². The van der Waals surface area contributed by atoms with Crippen LogP contribution in [0.4, 0.5) is 0 Å². The Kier molecular flexibility index (Phi) is 4.57. The molecule has 100 valence electrons. The minimum atomic E-state index is 0.0507. The molecule has 3 nitrogen and oxygen atoms in total. The van der Waals surface area contributed by atoms with E-state index < -0.39 is 0 Å². The fraction of sp³-hybridized carbons (Fsp3) is 0.500. The van der Waals surface area contributed by atoms with E-state index in [0.29, 0.717) is 6.54 Å². The predicted molar refractivity (Wildman–Crippen MR) is 74.4 cm³/mol. The van der Waals surface area contributed by atoms with Gasteiger partial charge in [0.05, 0.1) is 6.07 Å². The van der Waals surface area contributed by atoms with Crippen LogP contribution in [0.1, 0.15) is 30.9 Å². The maximum atomic E-state index is 12.5. The Labute approximate surface area is 114 Å². The maximum absolute atomic E-state index is 12.5. The number of carbonyl (C=O) groups is 1. The lowest BCUT2D eigenvalue weighted by Crippen LogP contribution is -2.39. The van der Waals surface area contributed by atoms with E-state index in [1.807, 2.05) is 13.0 Å². The number of fused-ring (bicyclic) bond motifs is 1. The van der Waals surface area contributed by atoms with Gasteiger partial charge in [-0.3, -0.25) is 4.79 Å². The molecular formula is C16H20N2O. The van der Waals surface area contributed by atoms with E-state index in [9.17, 15) is 4.79 Å². The number of aryl methyl sites for hydroxylation is 1. The smallest absolute Gasteiger partial charge is 0.226 e. The highest BCUT2D eigenvalue weighted by Crippen LogP contribution is 2.26. The van der Waals surface area contributed by atoms with Gasteiger partial charge in [-0.05, 0) is 36.8 Å². The van der Waals surface area contributed by atoms with Gasteiger partial charge < -0.3 is 4.90 Å². The lowest BCUT2D eigenvalue weighted by molar-refractivity contribution is -0.135. The molecule has 0 saturated carbocycles. The first-order valence-corrected chi connectivity index (χ1v) is 6.98. The highest BCUT2D eigenvalue weighted by atomic mass is 16.2. The summed E-state index contributed by atoms with van der Waals surface area (Å²) < 4.78 is 0. The molecule has 0 spiro atoms. The molecule has 0 bridgehead atoms. The van der Waals surface area contributed by atoms with Crippen molar-refractivity contribution in [3.63, 3.8) is 0 Å². The van der Waals surface area contributed by atoms with E-state index in [2.05, 4.69) is 24.3 Å². The molecule has 0 aromatic heterocycles. The number of hydrogen-bond acceptors (Lipinski definition) is 2. The van der Waals surface area contributed by atoms with Crippen LogP contribution in [0.5, 0.6) is 0 Å². The van der Waals surface area contributed by atoms with Crippen molar-refractivity contribution in [2.75, 3.05) is 13.1 Å². The summed E-state index contributed by atoms with van der Waals surface area (Å²) in [5, 5.41) is 8.82. The predicted octanol–water partition coefficient (Wildman–Crippen LogP) is 2.55. The highest BCUT2D eigenvalue weighted by molar-refractivity contribution is 5.79. The largest absolute Gasteiger partial charge is 0.329 e. The quantitative estimate of drug-likeness (QED) is 0.777. The molecule has 1 unspecified atom stereocenters. The average molecular weight is 256 g/mol. The molecule has 2 rings (SSSR count). The summed E-state index contributed by atoms with van der Waals surface area (Å²) in [6.07, 6.45) is 3.60. The van der Waals surface area contributed by atoms with Crippen molar-refractivity contribution in [2.45, 2.75) is 32.6 Å². The van der Waals surface area contributed by atoms with Crippen LogP contribution >= 0.6 is 0 Å². The Morgan fingerprint density at radius 3 is 2.84 bits per heavy atom. The normalized spacial score (nSPS) is 17.4. The van der Waals surface area contributed by atoms with Gasteiger partial charge in [-0.2, -0.15) is 5.26 Å². The third kappa shape index (κ3) is 3.14. The lowest BCUT2D eigenvalue weighted by Gasteiger charge is -2.28. The molecule has 1 aliphatic rings. The standard InChI is InChI=1S/C16H20N2O/c1-2-10-18(11-9-17)16(19)15-8-7-13-5-3-4-6-14(13)12-15/h3-6,15H,2,7-8,10-12H2,1H3. The van der Waals surface area contributed by atoms with Gasteiger partial charge in [-0.1, -0.05) is 31.2 Å². The number of benzene rings is 1. The molecule has 0 fully saturated rings. The molecular weight excluding hydrogens is 236 g/mol. The zero-order valence-corrected chi connectivity index (χ0v) is 11.4. The van der Waals surface area contributed by atoms with Gasteiger partial charge in [-0.15, -0.1) is 0 Å². The van der Waals surface area contributed by atoms with E-state index in [4.69, 9.17) is 5.26 Å². The monoisotopic (exact) mass is 256 g/mol. The summed E-state index contributed by atoms with van der Waals surface area (Å²) in [5.41, 5.74) is 2.66. The van der Waals surface area contributed by atoms with E-state index in [1.54, 1.807) is 4.90 Å². The molecule has 1 aliphatic carbocycles. The van der Waals surface area contributed by atoms with E-state index in [0.717, 1.165) is 25.7 Å². The van der Waals surface area contributed by atoms with Gasteiger partial charge in [0, 0.05) is 12.5 Å². The molecule has 1 aromatic carbocycles. The number of nitrogens with zero attached hydrogens (tertiary/aromatic N) is 2. The second-order valence-electron chi connectivity index (χ2n) is 5.13. The second kappa shape index (κ2) is 6.38. The van der Waals surface area contributed by atoms with Gasteiger partial charge in [0.1, 0.15) is 6.54 Å². The fourth-order valence-corrected chi connectivity index (χ4v) is 2.79. The Hall–Kier alpha value is -1.82. The van der Waals surface area contributed by atoms with Gasteiger partial charge in [0.15, 0.2) is 0 Å². The lowest BCUT2D eigenvalue weighted by atomic mass is 9.83. The van der Waals surface area contributed by atoms with Gasteiger partial charge in [0.2, 0.25) is 5.91 Å². The first kappa shape index (κ1) is 13.6.